The fourth-order valence-corrected chi connectivity index (χ4v) is 1.39. The van der Waals surface area contributed by atoms with Crippen LogP contribution in [0.25, 0.3) is 0 Å². The maximum Gasteiger partial charge on any atom is 0.326 e. The van der Waals surface area contributed by atoms with Crippen molar-refractivity contribution in [2.24, 2.45) is 0 Å². The highest BCUT2D eigenvalue weighted by Crippen LogP contribution is 2.01. The van der Waals surface area contributed by atoms with Crippen LogP contribution in [-0.4, -0.2) is 62.8 Å². The molecule has 0 bridgehead atoms. The summed E-state index contributed by atoms with van der Waals surface area (Å²) in [5.41, 5.74) is 0.616. The highest BCUT2D eigenvalue weighted by atomic mass is 16.4. The zero-order chi connectivity index (χ0) is 14.4. The smallest absolute Gasteiger partial charge is 0.326 e. The zero-order valence-electron chi connectivity index (χ0n) is 10.8. The molecule has 0 aliphatic heterocycles. The number of carboxylic acid groups (broad SMARTS) is 1. The Kier molecular flexibility index (Phi) is 5.31. The highest BCUT2D eigenvalue weighted by Gasteiger charge is 2.24. The lowest BCUT2D eigenvalue weighted by Gasteiger charge is -2.25. The van der Waals surface area contributed by atoms with Crippen LogP contribution in [0.4, 0.5) is 4.79 Å². The van der Waals surface area contributed by atoms with E-state index in [4.69, 9.17) is 10.2 Å². The lowest BCUT2D eigenvalue weighted by Crippen LogP contribution is -2.50. The van der Waals surface area contributed by atoms with Crippen LogP contribution in [0.2, 0.25) is 0 Å². The molecule has 1 heterocycles. The fourth-order valence-electron chi connectivity index (χ4n) is 1.39. The first-order valence-corrected chi connectivity index (χ1v) is 5.80. The first kappa shape index (κ1) is 15.0. The molecule has 1 unspecified atom stereocenters. The molecule has 1 aromatic rings. The Morgan fingerprint density at radius 2 is 2.26 bits per heavy atom. The number of nitrogens with one attached hydrogen (secondary N) is 2. The molecule has 19 heavy (non-hydrogen) atoms. The van der Waals surface area contributed by atoms with Crippen molar-refractivity contribution < 1.29 is 19.8 Å². The summed E-state index contributed by atoms with van der Waals surface area (Å²) in [6, 6.07) is -1.99. The summed E-state index contributed by atoms with van der Waals surface area (Å²) in [6.45, 7) is 1.46. The molecule has 0 aliphatic carbocycles. The Morgan fingerprint density at radius 1 is 1.58 bits per heavy atom. The highest BCUT2D eigenvalue weighted by molar-refractivity contribution is 5.82. The van der Waals surface area contributed by atoms with E-state index in [-0.39, 0.29) is 19.1 Å². The predicted molar refractivity (Wildman–Crippen MR) is 66.6 cm³/mol. The Morgan fingerprint density at radius 3 is 2.74 bits per heavy atom. The zero-order valence-corrected chi connectivity index (χ0v) is 10.8. The molecule has 0 aliphatic rings. The molecule has 0 saturated heterocycles. The van der Waals surface area contributed by atoms with Gasteiger partial charge in [-0.25, -0.2) is 14.6 Å². The number of rotatable bonds is 6. The van der Waals surface area contributed by atoms with Gasteiger partial charge < -0.3 is 25.4 Å². The van der Waals surface area contributed by atoms with Gasteiger partial charge in [0.25, 0.3) is 0 Å². The van der Waals surface area contributed by atoms with Gasteiger partial charge >= 0.3 is 12.0 Å². The molecular weight excluding hydrogens is 252 g/mol. The topological polar surface area (TPSA) is 119 Å². The summed E-state index contributed by atoms with van der Waals surface area (Å²) < 4.78 is 0. The quantitative estimate of drug-likeness (QED) is 0.552. The van der Waals surface area contributed by atoms with Gasteiger partial charge in [0.15, 0.2) is 0 Å². The van der Waals surface area contributed by atoms with Crippen LogP contribution in [0.5, 0.6) is 0 Å². The van der Waals surface area contributed by atoms with Crippen LogP contribution in [0.15, 0.2) is 12.5 Å². The summed E-state index contributed by atoms with van der Waals surface area (Å²) in [5.74, 6) is -1.13. The summed E-state index contributed by atoms with van der Waals surface area (Å²) >= 11 is 0. The third kappa shape index (κ3) is 4.25. The number of carbonyl (C=O) groups excluding carboxylic acids is 1. The van der Waals surface area contributed by atoms with Crippen molar-refractivity contribution in [3.63, 3.8) is 0 Å². The van der Waals surface area contributed by atoms with Gasteiger partial charge in [-0.1, -0.05) is 0 Å². The molecule has 8 nitrogen and oxygen atoms in total. The molecule has 1 aromatic heterocycles. The summed E-state index contributed by atoms with van der Waals surface area (Å²) in [5, 5.41) is 20.4. The third-order valence-electron chi connectivity index (χ3n) is 2.82. The Hall–Kier alpha value is -2.09. The Balaban J connectivity index is 2.63. The van der Waals surface area contributed by atoms with E-state index in [9.17, 15) is 9.59 Å². The van der Waals surface area contributed by atoms with Gasteiger partial charge in [0.1, 0.15) is 6.04 Å². The van der Waals surface area contributed by atoms with Gasteiger partial charge in [-0.05, 0) is 6.92 Å². The number of hydrogen-bond donors (Lipinski definition) is 4. The maximum absolute atomic E-state index is 11.8. The van der Waals surface area contributed by atoms with E-state index < -0.39 is 18.0 Å². The van der Waals surface area contributed by atoms with Crippen molar-refractivity contribution in [1.29, 1.82) is 0 Å². The fraction of sp³-hybridized carbons (Fsp3) is 0.545. The second kappa shape index (κ2) is 6.74. The number of aromatic amines is 1. The van der Waals surface area contributed by atoms with Crippen LogP contribution >= 0.6 is 0 Å². The Bertz CT molecular complexity index is 420. The van der Waals surface area contributed by atoms with E-state index in [1.807, 2.05) is 0 Å². The van der Waals surface area contributed by atoms with Gasteiger partial charge in [0.05, 0.1) is 19.0 Å². The standard InChI is InChI=1S/C11H18N4O4/c1-7(5-16)15(2)11(19)14-9(10(17)18)3-8-4-12-6-13-8/h4,6-7,9,16H,3,5H2,1-2H3,(H,12,13)(H,14,19)(H,17,18)/t7?,9-/m1/s1. The Labute approximate surface area is 110 Å². The van der Waals surface area contributed by atoms with Crippen LogP contribution in [-0.2, 0) is 11.2 Å². The first-order valence-electron chi connectivity index (χ1n) is 5.80. The minimum absolute atomic E-state index is 0.114. The van der Waals surface area contributed by atoms with Crippen molar-refractivity contribution in [2.75, 3.05) is 13.7 Å². The molecular formula is C11H18N4O4. The SMILES string of the molecule is CC(CO)N(C)C(=O)N[C@H](Cc1cnc[nH]1)C(=O)O. The predicted octanol–water partition coefficient (Wildman–Crippen LogP) is -0.572. The number of nitrogens with zero attached hydrogens (tertiary/aromatic N) is 2. The number of aliphatic hydroxyl groups is 1. The largest absolute Gasteiger partial charge is 0.480 e. The van der Waals surface area contributed by atoms with E-state index in [0.29, 0.717) is 5.69 Å². The number of carbonyl (C=O) groups is 2. The summed E-state index contributed by atoms with van der Waals surface area (Å²) in [7, 11) is 1.49. The number of carboxylic acids is 1. The average Bonchev–Trinajstić information content (AvgIpc) is 2.88. The molecule has 0 radical (unpaired) electrons. The van der Waals surface area contributed by atoms with Crippen LogP contribution < -0.4 is 5.32 Å². The van der Waals surface area contributed by atoms with E-state index in [1.54, 1.807) is 6.92 Å². The summed E-state index contributed by atoms with van der Waals surface area (Å²) in [4.78, 5) is 30.7. The van der Waals surface area contributed by atoms with Crippen molar-refractivity contribution in [2.45, 2.75) is 25.4 Å². The van der Waals surface area contributed by atoms with Gasteiger partial charge in [-0.3, -0.25) is 0 Å². The molecule has 0 saturated carbocycles. The second-order valence-electron chi connectivity index (χ2n) is 4.26. The molecule has 0 spiro atoms. The minimum atomic E-state index is -1.13. The molecule has 2 amide bonds. The molecule has 106 valence electrons. The third-order valence-corrected chi connectivity index (χ3v) is 2.82. The minimum Gasteiger partial charge on any atom is -0.480 e. The van der Waals surface area contributed by atoms with Crippen LogP contribution in [0, 0.1) is 0 Å². The lowest BCUT2D eigenvalue weighted by atomic mass is 10.1. The first-order chi connectivity index (χ1) is 8.95. The second-order valence-corrected chi connectivity index (χ2v) is 4.26. The lowest BCUT2D eigenvalue weighted by molar-refractivity contribution is -0.139. The molecule has 8 heteroatoms. The number of H-pyrrole nitrogens is 1. The van der Waals surface area contributed by atoms with Gasteiger partial charge in [-0.15, -0.1) is 0 Å². The van der Waals surface area contributed by atoms with Gasteiger partial charge in [-0.2, -0.15) is 0 Å². The monoisotopic (exact) mass is 270 g/mol. The van der Waals surface area contributed by atoms with Crippen LogP contribution in [0.3, 0.4) is 0 Å². The maximum atomic E-state index is 11.8. The number of imidazole rings is 1. The van der Waals surface area contributed by atoms with Crippen molar-refractivity contribution in [3.05, 3.63) is 18.2 Å². The molecule has 2 atom stereocenters. The van der Waals surface area contributed by atoms with Crippen molar-refractivity contribution >= 4 is 12.0 Å². The number of aliphatic carboxylic acids is 1. The van der Waals surface area contributed by atoms with Gasteiger partial charge in [0, 0.05) is 25.4 Å². The molecule has 1 rings (SSSR count). The molecule has 4 N–H and O–H groups in total. The number of urea groups is 1. The number of aliphatic hydroxyl groups excluding tert-OH is 1. The van der Waals surface area contributed by atoms with Crippen LogP contribution in [0.1, 0.15) is 12.6 Å². The van der Waals surface area contributed by atoms with E-state index in [1.165, 1.54) is 24.5 Å². The summed E-state index contributed by atoms with van der Waals surface area (Å²) in [6.07, 6.45) is 3.06. The molecule has 0 aromatic carbocycles. The number of likely N-dealkylation sites (N-methyl/N-ethyl adjacent to an activating group) is 1. The van der Waals surface area contributed by atoms with E-state index >= 15 is 0 Å². The number of hydrogen-bond acceptors (Lipinski definition) is 4. The van der Waals surface area contributed by atoms with Crippen molar-refractivity contribution in [3.8, 4) is 0 Å². The average molecular weight is 270 g/mol. The number of amides is 2. The molecule has 0 fully saturated rings. The number of aromatic nitrogens is 2. The van der Waals surface area contributed by atoms with E-state index in [0.717, 1.165) is 0 Å². The van der Waals surface area contributed by atoms with Crippen molar-refractivity contribution in [1.82, 2.24) is 20.2 Å². The van der Waals surface area contributed by atoms with E-state index in [2.05, 4.69) is 15.3 Å². The normalized spacial score (nSPS) is 13.6. The van der Waals surface area contributed by atoms with Gasteiger partial charge in [0.2, 0.25) is 0 Å².